The van der Waals surface area contributed by atoms with Gasteiger partial charge >= 0.3 is 0 Å². The lowest BCUT2D eigenvalue weighted by atomic mass is 9.83. The first-order valence-electron chi connectivity index (χ1n) is 7.54. The molecule has 0 fully saturated rings. The van der Waals surface area contributed by atoms with Gasteiger partial charge in [0.25, 0.3) is 0 Å². The van der Waals surface area contributed by atoms with Gasteiger partial charge in [0.2, 0.25) is 0 Å². The fraction of sp³-hybridized carbons (Fsp3) is 0.333. The predicted molar refractivity (Wildman–Crippen MR) is 85.2 cm³/mol. The highest BCUT2D eigenvalue weighted by Crippen LogP contribution is 2.43. The Labute approximate surface area is 134 Å². The molecule has 0 aliphatic carbocycles. The Morgan fingerprint density at radius 1 is 1.23 bits per heavy atom. The molecule has 0 saturated heterocycles. The van der Waals surface area contributed by atoms with E-state index in [-0.39, 0.29) is 16.8 Å². The topological polar surface area (TPSA) is 12.5 Å². The van der Waals surface area contributed by atoms with Crippen molar-refractivity contribution in [3.63, 3.8) is 0 Å². The highest BCUT2D eigenvalue weighted by molar-refractivity contribution is 6.30. The monoisotopic (exact) mass is 317 g/mol. The van der Waals surface area contributed by atoms with Crippen molar-refractivity contribution in [1.29, 1.82) is 0 Å². The van der Waals surface area contributed by atoms with Crippen molar-refractivity contribution in [2.75, 3.05) is 20.2 Å². The maximum atomic E-state index is 13.9. The van der Waals surface area contributed by atoms with Gasteiger partial charge in [0.1, 0.15) is 11.6 Å². The molecule has 0 N–H and O–H groups in total. The smallest absolute Gasteiger partial charge is 0.142 e. The number of rotatable bonds is 1. The zero-order chi connectivity index (χ0) is 15.3. The van der Waals surface area contributed by atoms with Gasteiger partial charge in [0.05, 0.1) is 11.6 Å². The molecule has 2 aromatic rings. The van der Waals surface area contributed by atoms with Crippen LogP contribution in [0.25, 0.3) is 0 Å². The molecule has 0 spiro atoms. The molecule has 0 aromatic heterocycles. The lowest BCUT2D eigenvalue weighted by molar-refractivity contribution is 0.285. The molecular formula is C18H17ClFNO. The highest BCUT2D eigenvalue weighted by atomic mass is 35.5. The molecule has 0 bridgehead atoms. The standard InChI is InChI=1S/C18H17ClFNO/c1-21-9-13-3-2-11-6-7-22-18(11)17(13)14(10-21)12-4-5-15(19)16(20)8-12/h2-5,8,14H,6-7,9-10H2,1H3. The first-order valence-corrected chi connectivity index (χ1v) is 7.92. The van der Waals surface area contributed by atoms with E-state index in [0.29, 0.717) is 0 Å². The second-order valence-corrected chi connectivity index (χ2v) is 6.56. The number of halogens is 2. The van der Waals surface area contributed by atoms with Gasteiger partial charge in [-0.3, -0.25) is 0 Å². The molecular weight excluding hydrogens is 301 g/mol. The Kier molecular flexibility index (Phi) is 3.35. The SMILES string of the molecule is CN1Cc2ccc3c(c2C(c2ccc(Cl)c(F)c2)C1)OCC3. The van der Waals surface area contributed by atoms with E-state index in [9.17, 15) is 4.39 Å². The van der Waals surface area contributed by atoms with Crippen molar-refractivity contribution in [3.05, 3.63) is 63.4 Å². The van der Waals surface area contributed by atoms with E-state index in [4.69, 9.17) is 16.3 Å². The van der Waals surface area contributed by atoms with Gasteiger partial charge in [-0.1, -0.05) is 29.8 Å². The van der Waals surface area contributed by atoms with Crippen LogP contribution < -0.4 is 4.74 Å². The number of benzene rings is 2. The zero-order valence-electron chi connectivity index (χ0n) is 12.4. The number of fused-ring (bicyclic) bond motifs is 3. The van der Waals surface area contributed by atoms with E-state index >= 15 is 0 Å². The number of hydrogen-bond acceptors (Lipinski definition) is 2. The van der Waals surface area contributed by atoms with Crippen LogP contribution in [0.3, 0.4) is 0 Å². The quantitative estimate of drug-likeness (QED) is 0.788. The van der Waals surface area contributed by atoms with Crippen LogP contribution in [-0.4, -0.2) is 25.1 Å². The summed E-state index contributed by atoms with van der Waals surface area (Å²) in [5, 5.41) is 0.169. The Balaban J connectivity index is 1.88. The van der Waals surface area contributed by atoms with Crippen LogP contribution in [0, 0.1) is 5.82 Å². The third kappa shape index (κ3) is 2.20. The molecule has 114 valence electrons. The summed E-state index contributed by atoms with van der Waals surface area (Å²) in [4.78, 5) is 2.26. The maximum Gasteiger partial charge on any atom is 0.142 e. The normalized spacial score (nSPS) is 20.4. The van der Waals surface area contributed by atoms with Crippen molar-refractivity contribution in [2.24, 2.45) is 0 Å². The van der Waals surface area contributed by atoms with E-state index in [1.807, 2.05) is 6.07 Å². The van der Waals surface area contributed by atoms with E-state index in [1.165, 1.54) is 16.7 Å². The number of ether oxygens (including phenoxy) is 1. The molecule has 1 unspecified atom stereocenters. The number of nitrogens with zero attached hydrogens (tertiary/aromatic N) is 1. The summed E-state index contributed by atoms with van der Waals surface area (Å²) in [6.45, 7) is 2.50. The first-order chi connectivity index (χ1) is 10.6. The van der Waals surface area contributed by atoms with Gasteiger partial charge in [-0.05, 0) is 35.9 Å². The zero-order valence-corrected chi connectivity index (χ0v) is 13.2. The molecule has 2 aromatic carbocycles. The predicted octanol–water partition coefficient (Wildman–Crippen LogP) is 3.99. The Morgan fingerprint density at radius 3 is 2.86 bits per heavy atom. The van der Waals surface area contributed by atoms with Crippen molar-refractivity contribution in [2.45, 2.75) is 18.9 Å². The number of likely N-dealkylation sites (N-methyl/N-ethyl adjacent to an activating group) is 1. The maximum absolute atomic E-state index is 13.9. The van der Waals surface area contributed by atoms with E-state index in [0.717, 1.165) is 37.4 Å². The molecule has 2 aliphatic heterocycles. The average molecular weight is 318 g/mol. The van der Waals surface area contributed by atoms with Crippen LogP contribution in [0.2, 0.25) is 5.02 Å². The summed E-state index contributed by atoms with van der Waals surface area (Å²) in [5.41, 5.74) is 4.73. The molecule has 2 aliphatic rings. The molecule has 22 heavy (non-hydrogen) atoms. The molecule has 4 heteroatoms. The van der Waals surface area contributed by atoms with Crippen LogP contribution in [0.4, 0.5) is 4.39 Å². The molecule has 2 heterocycles. The molecule has 1 atom stereocenters. The van der Waals surface area contributed by atoms with Crippen molar-refractivity contribution in [3.8, 4) is 5.75 Å². The summed E-state index contributed by atoms with van der Waals surface area (Å²) in [6, 6.07) is 9.49. The van der Waals surface area contributed by atoms with E-state index in [2.05, 4.69) is 24.1 Å². The summed E-state index contributed by atoms with van der Waals surface area (Å²) >= 11 is 5.83. The van der Waals surface area contributed by atoms with Gasteiger partial charge in [-0.25, -0.2) is 4.39 Å². The highest BCUT2D eigenvalue weighted by Gasteiger charge is 2.31. The Morgan fingerprint density at radius 2 is 2.05 bits per heavy atom. The summed E-state index contributed by atoms with van der Waals surface area (Å²) in [7, 11) is 2.09. The van der Waals surface area contributed by atoms with Gasteiger partial charge in [-0.15, -0.1) is 0 Å². The summed E-state index contributed by atoms with van der Waals surface area (Å²) in [5.74, 6) is 0.780. The van der Waals surface area contributed by atoms with Gasteiger partial charge < -0.3 is 9.64 Å². The average Bonchev–Trinajstić information content (AvgIpc) is 2.97. The molecule has 0 radical (unpaired) electrons. The lowest BCUT2D eigenvalue weighted by Gasteiger charge is -2.33. The van der Waals surface area contributed by atoms with Crippen LogP contribution in [0.5, 0.6) is 5.75 Å². The molecule has 2 nitrogen and oxygen atoms in total. The second kappa shape index (κ2) is 5.25. The molecule has 0 saturated carbocycles. The van der Waals surface area contributed by atoms with E-state index < -0.39 is 0 Å². The van der Waals surface area contributed by atoms with Crippen LogP contribution >= 0.6 is 11.6 Å². The Hall–Kier alpha value is -1.58. The third-order valence-corrected chi connectivity index (χ3v) is 4.92. The van der Waals surface area contributed by atoms with E-state index in [1.54, 1.807) is 12.1 Å². The minimum absolute atomic E-state index is 0.119. The summed E-state index contributed by atoms with van der Waals surface area (Å²) in [6.07, 6.45) is 0.958. The summed E-state index contributed by atoms with van der Waals surface area (Å²) < 4.78 is 19.8. The first kappa shape index (κ1) is 14.0. The van der Waals surface area contributed by atoms with Crippen molar-refractivity contribution in [1.82, 2.24) is 4.90 Å². The lowest BCUT2D eigenvalue weighted by Crippen LogP contribution is -2.31. The van der Waals surface area contributed by atoms with Crippen molar-refractivity contribution < 1.29 is 9.13 Å². The number of hydrogen-bond donors (Lipinski definition) is 0. The third-order valence-electron chi connectivity index (χ3n) is 4.61. The largest absolute Gasteiger partial charge is 0.493 e. The van der Waals surface area contributed by atoms with Gasteiger partial charge in [0, 0.05) is 31.0 Å². The van der Waals surface area contributed by atoms with Crippen LogP contribution in [-0.2, 0) is 13.0 Å². The fourth-order valence-electron chi connectivity index (χ4n) is 3.60. The minimum atomic E-state index is -0.359. The minimum Gasteiger partial charge on any atom is -0.493 e. The Bertz CT molecular complexity index is 746. The van der Waals surface area contributed by atoms with Crippen LogP contribution in [0.1, 0.15) is 28.2 Å². The van der Waals surface area contributed by atoms with Crippen LogP contribution in [0.15, 0.2) is 30.3 Å². The van der Waals surface area contributed by atoms with Gasteiger partial charge in [0.15, 0.2) is 0 Å². The molecule has 0 amide bonds. The van der Waals surface area contributed by atoms with Crippen molar-refractivity contribution >= 4 is 11.6 Å². The second-order valence-electron chi connectivity index (χ2n) is 6.15. The molecule has 4 rings (SSSR count). The fourth-order valence-corrected chi connectivity index (χ4v) is 3.71. The van der Waals surface area contributed by atoms with Gasteiger partial charge in [-0.2, -0.15) is 0 Å².